The Labute approximate surface area is 171 Å². The molecule has 0 spiro atoms. The summed E-state index contributed by atoms with van der Waals surface area (Å²) in [7, 11) is 0. The molecule has 0 amide bonds. The molecule has 0 unspecified atom stereocenters. The fourth-order valence-electron chi connectivity index (χ4n) is 3.49. The molecule has 0 bridgehead atoms. The van der Waals surface area contributed by atoms with Crippen LogP contribution in [0.3, 0.4) is 0 Å². The van der Waals surface area contributed by atoms with Crippen molar-refractivity contribution in [3.05, 3.63) is 48.0 Å². The Balaban J connectivity index is 0.00000288. The number of fused-ring (bicyclic) bond motifs is 1. The molecule has 2 rings (SSSR count). The van der Waals surface area contributed by atoms with Gasteiger partial charge in [0.05, 0.1) is 0 Å². The Morgan fingerprint density at radius 2 is 1.12 bits per heavy atom. The van der Waals surface area contributed by atoms with E-state index < -0.39 is 0 Å². The molecule has 0 aliphatic carbocycles. The predicted molar refractivity (Wildman–Crippen MR) is 111 cm³/mol. The molecule has 0 N–H and O–H groups in total. The molecular weight excluding hydrogens is 299 g/mol. The third kappa shape index (κ3) is 8.19. The zero-order valence-corrected chi connectivity index (χ0v) is 15.0. The van der Waals surface area contributed by atoms with Crippen molar-refractivity contribution in [2.24, 2.45) is 0 Å². The van der Waals surface area contributed by atoms with E-state index in [1.165, 1.54) is 93.4 Å². The van der Waals surface area contributed by atoms with Crippen LogP contribution in [0.1, 0.15) is 83.1 Å². The summed E-state index contributed by atoms with van der Waals surface area (Å²) in [4.78, 5) is 0. The Bertz CT molecular complexity index is 541. The Morgan fingerprint density at radius 3 is 1.79 bits per heavy atom. The van der Waals surface area contributed by atoms with Crippen molar-refractivity contribution in [2.75, 3.05) is 0 Å². The molecule has 0 heterocycles. The van der Waals surface area contributed by atoms with Gasteiger partial charge in [0.2, 0.25) is 0 Å². The molecule has 0 aliphatic heterocycles. The van der Waals surface area contributed by atoms with E-state index in [1.807, 2.05) is 0 Å². The van der Waals surface area contributed by atoms with Crippen molar-refractivity contribution in [2.45, 2.75) is 84.0 Å². The molecule has 0 radical (unpaired) electrons. The second kappa shape index (κ2) is 13.9. The zero-order valence-electron chi connectivity index (χ0n) is 15.0. The molecule has 0 saturated heterocycles. The average molecular weight is 335 g/mol. The van der Waals surface area contributed by atoms with Crippen LogP contribution in [-0.4, -0.2) is 29.6 Å². The number of hydrogen-bond donors (Lipinski definition) is 0. The molecule has 24 heavy (non-hydrogen) atoms. The fourth-order valence-corrected chi connectivity index (χ4v) is 3.49. The predicted octanol–water partition coefficient (Wildman–Crippen LogP) is 7.04. The van der Waals surface area contributed by atoms with E-state index in [0.717, 1.165) is 0 Å². The summed E-state index contributed by atoms with van der Waals surface area (Å²) in [6, 6.07) is 15.5. The number of rotatable bonds is 12. The van der Waals surface area contributed by atoms with Crippen molar-refractivity contribution in [3.63, 3.8) is 0 Å². The third-order valence-electron chi connectivity index (χ3n) is 4.93. The topological polar surface area (TPSA) is 0 Å². The molecule has 0 aliphatic rings. The van der Waals surface area contributed by atoms with Gasteiger partial charge < -0.3 is 0 Å². The minimum absolute atomic E-state index is 0. The molecule has 0 fully saturated rings. The van der Waals surface area contributed by atoms with Crippen LogP contribution in [0.25, 0.3) is 10.8 Å². The van der Waals surface area contributed by atoms with E-state index in [1.54, 1.807) is 0 Å². The van der Waals surface area contributed by atoms with Crippen LogP contribution in [0.15, 0.2) is 42.5 Å². The summed E-state index contributed by atoms with van der Waals surface area (Å²) in [5.74, 6) is 0. The first kappa shape index (κ1) is 21.7. The number of hydrogen-bond acceptors (Lipinski definition) is 0. The maximum atomic E-state index is 2.30. The molecule has 2 aromatic rings. The fraction of sp³-hybridized carbons (Fsp3) is 0.565. The van der Waals surface area contributed by atoms with E-state index >= 15 is 0 Å². The van der Waals surface area contributed by atoms with Gasteiger partial charge in [0.25, 0.3) is 0 Å². The van der Waals surface area contributed by atoms with E-state index in [0.29, 0.717) is 0 Å². The van der Waals surface area contributed by atoms with E-state index in [2.05, 4.69) is 49.4 Å². The van der Waals surface area contributed by atoms with Crippen molar-refractivity contribution in [1.29, 1.82) is 0 Å². The standard InChI is InChI=1S/C23H34.Na.H/c1-2-3-4-5-6-7-8-9-10-11-12-16-21-18-15-19-22-17-13-14-20-23(21)22;;/h13-15,17-20H,2-12,16H2,1H3;;. The third-order valence-corrected chi connectivity index (χ3v) is 4.93. The van der Waals surface area contributed by atoms with Gasteiger partial charge in [-0.3, -0.25) is 0 Å². The van der Waals surface area contributed by atoms with Gasteiger partial charge in [0.15, 0.2) is 0 Å². The number of unbranched alkanes of at least 4 members (excludes halogenated alkanes) is 10. The molecule has 0 saturated carbocycles. The first-order valence-electron chi connectivity index (χ1n) is 9.88. The maximum absolute atomic E-state index is 2.30. The summed E-state index contributed by atoms with van der Waals surface area (Å²) in [5, 5.41) is 2.83. The average Bonchev–Trinajstić information content (AvgIpc) is 2.60. The van der Waals surface area contributed by atoms with Gasteiger partial charge in [0.1, 0.15) is 0 Å². The Kier molecular flexibility index (Phi) is 12.6. The van der Waals surface area contributed by atoms with E-state index in [4.69, 9.17) is 0 Å². The first-order valence-corrected chi connectivity index (χ1v) is 9.88. The molecule has 128 valence electrons. The summed E-state index contributed by atoms with van der Waals surface area (Å²) in [6.45, 7) is 2.29. The monoisotopic (exact) mass is 334 g/mol. The van der Waals surface area contributed by atoms with Crippen molar-refractivity contribution in [3.8, 4) is 0 Å². The summed E-state index contributed by atoms with van der Waals surface area (Å²) < 4.78 is 0. The van der Waals surface area contributed by atoms with Crippen LogP contribution >= 0.6 is 0 Å². The van der Waals surface area contributed by atoms with E-state index in [9.17, 15) is 0 Å². The van der Waals surface area contributed by atoms with Crippen molar-refractivity contribution >= 4 is 40.3 Å². The van der Waals surface area contributed by atoms with Gasteiger partial charge in [-0.05, 0) is 29.2 Å². The van der Waals surface area contributed by atoms with Gasteiger partial charge in [0, 0.05) is 0 Å². The van der Waals surface area contributed by atoms with Gasteiger partial charge in [-0.1, -0.05) is 114 Å². The zero-order chi connectivity index (χ0) is 16.2. The summed E-state index contributed by atoms with van der Waals surface area (Å²) >= 11 is 0. The van der Waals surface area contributed by atoms with Crippen LogP contribution in [0.4, 0.5) is 0 Å². The van der Waals surface area contributed by atoms with Crippen LogP contribution in [0.5, 0.6) is 0 Å². The molecule has 0 nitrogen and oxygen atoms in total. The molecule has 1 heteroatoms. The Morgan fingerprint density at radius 1 is 0.583 bits per heavy atom. The second-order valence-corrected chi connectivity index (χ2v) is 6.92. The summed E-state index contributed by atoms with van der Waals surface area (Å²) in [5.41, 5.74) is 1.53. The Hall–Kier alpha value is -0.300. The van der Waals surface area contributed by atoms with Gasteiger partial charge >= 0.3 is 29.6 Å². The number of aryl methyl sites for hydroxylation is 1. The second-order valence-electron chi connectivity index (χ2n) is 6.92. The van der Waals surface area contributed by atoms with Crippen molar-refractivity contribution < 1.29 is 0 Å². The molecule has 2 aromatic carbocycles. The molecule has 0 aromatic heterocycles. The first-order chi connectivity index (χ1) is 11.4. The molecule has 0 atom stereocenters. The van der Waals surface area contributed by atoms with Gasteiger partial charge in [-0.25, -0.2) is 0 Å². The van der Waals surface area contributed by atoms with Crippen LogP contribution in [-0.2, 0) is 6.42 Å². The number of benzene rings is 2. The SMILES string of the molecule is CCCCCCCCCCCCCc1cccc2ccccc12.[NaH]. The van der Waals surface area contributed by atoms with E-state index in [-0.39, 0.29) is 29.6 Å². The summed E-state index contributed by atoms with van der Waals surface area (Å²) in [6.07, 6.45) is 16.8. The van der Waals surface area contributed by atoms with Crippen LogP contribution < -0.4 is 0 Å². The normalized spacial score (nSPS) is 10.7. The quantitative estimate of drug-likeness (QED) is 0.288. The minimum atomic E-state index is 0. The van der Waals surface area contributed by atoms with Gasteiger partial charge in [-0.15, -0.1) is 0 Å². The van der Waals surface area contributed by atoms with Crippen LogP contribution in [0, 0.1) is 0 Å². The molecular formula is C23H35Na. The van der Waals surface area contributed by atoms with Gasteiger partial charge in [-0.2, -0.15) is 0 Å². The van der Waals surface area contributed by atoms with Crippen LogP contribution in [0.2, 0.25) is 0 Å². The van der Waals surface area contributed by atoms with Crippen molar-refractivity contribution in [1.82, 2.24) is 0 Å².